The monoisotopic (exact) mass is 210 g/mol. The van der Waals surface area contributed by atoms with E-state index < -0.39 is 5.97 Å². The van der Waals surface area contributed by atoms with Crippen LogP contribution in [0.3, 0.4) is 0 Å². The minimum atomic E-state index is -0.486. The maximum absolute atomic E-state index is 11.3. The van der Waals surface area contributed by atoms with Gasteiger partial charge in [0.25, 0.3) is 0 Å². The van der Waals surface area contributed by atoms with Gasteiger partial charge >= 0.3 is 5.97 Å². The molecule has 72 valence electrons. The molecule has 0 aliphatic carbocycles. The zero-order chi connectivity index (χ0) is 10.1. The van der Waals surface area contributed by atoms with Crippen LogP contribution in [0.4, 0.5) is 0 Å². The summed E-state index contributed by atoms with van der Waals surface area (Å²) in [6.45, 7) is 0. The molecule has 2 rings (SSSR count). The average molecular weight is 211 g/mol. The summed E-state index contributed by atoms with van der Waals surface area (Å²) in [6.07, 6.45) is 0. The van der Waals surface area contributed by atoms with Crippen LogP contribution in [0.2, 0.25) is 5.22 Å². The van der Waals surface area contributed by atoms with Crippen molar-refractivity contribution in [3.63, 3.8) is 0 Å². The number of rotatable bonds is 1. The fourth-order valence-electron chi connectivity index (χ4n) is 1.31. The molecule has 0 radical (unpaired) electrons. The highest BCUT2D eigenvalue weighted by Crippen LogP contribution is 2.29. The van der Waals surface area contributed by atoms with Gasteiger partial charge < -0.3 is 9.15 Å². The Kier molecular flexibility index (Phi) is 2.17. The SMILES string of the molecule is COC(=O)c1c(Cl)oc2ccccc12. The van der Waals surface area contributed by atoms with E-state index in [2.05, 4.69) is 4.74 Å². The predicted octanol–water partition coefficient (Wildman–Crippen LogP) is 2.87. The van der Waals surface area contributed by atoms with Crippen LogP contribution >= 0.6 is 11.6 Å². The van der Waals surface area contributed by atoms with Gasteiger partial charge in [0.1, 0.15) is 11.1 Å². The first kappa shape index (κ1) is 9.09. The molecule has 3 nitrogen and oxygen atoms in total. The van der Waals surface area contributed by atoms with E-state index >= 15 is 0 Å². The van der Waals surface area contributed by atoms with E-state index in [1.807, 2.05) is 6.07 Å². The van der Waals surface area contributed by atoms with Crippen molar-refractivity contribution in [2.24, 2.45) is 0 Å². The maximum Gasteiger partial charge on any atom is 0.343 e. The molecule has 14 heavy (non-hydrogen) atoms. The molecule has 1 heterocycles. The van der Waals surface area contributed by atoms with E-state index in [1.54, 1.807) is 18.2 Å². The summed E-state index contributed by atoms with van der Waals surface area (Å²) in [6, 6.07) is 7.12. The predicted molar refractivity (Wildman–Crippen MR) is 52.6 cm³/mol. The van der Waals surface area contributed by atoms with Gasteiger partial charge in [-0.05, 0) is 17.7 Å². The number of ether oxygens (including phenoxy) is 1. The van der Waals surface area contributed by atoms with Gasteiger partial charge in [-0.15, -0.1) is 0 Å². The summed E-state index contributed by atoms with van der Waals surface area (Å²) in [5.41, 5.74) is 0.864. The van der Waals surface area contributed by atoms with Crippen molar-refractivity contribution in [1.82, 2.24) is 0 Å². The number of fused-ring (bicyclic) bond motifs is 1. The van der Waals surface area contributed by atoms with Crippen molar-refractivity contribution < 1.29 is 13.9 Å². The number of carbonyl (C=O) groups is 1. The maximum atomic E-state index is 11.3. The Balaban J connectivity index is 2.74. The van der Waals surface area contributed by atoms with Crippen molar-refractivity contribution in [3.05, 3.63) is 35.0 Å². The van der Waals surface area contributed by atoms with Gasteiger partial charge in [0.2, 0.25) is 5.22 Å². The molecule has 0 aliphatic heterocycles. The van der Waals surface area contributed by atoms with E-state index in [-0.39, 0.29) is 10.8 Å². The first-order valence-electron chi connectivity index (χ1n) is 3.99. The molecule has 0 atom stereocenters. The van der Waals surface area contributed by atoms with Crippen molar-refractivity contribution in [3.8, 4) is 0 Å². The minimum absolute atomic E-state index is 0.0676. The van der Waals surface area contributed by atoms with Crippen LogP contribution in [-0.4, -0.2) is 13.1 Å². The Bertz CT molecular complexity index is 487. The third kappa shape index (κ3) is 1.26. The normalized spacial score (nSPS) is 10.4. The molecule has 1 aromatic heterocycles. The average Bonchev–Trinajstić information content (AvgIpc) is 2.53. The lowest BCUT2D eigenvalue weighted by molar-refractivity contribution is 0.0602. The van der Waals surface area contributed by atoms with Crippen molar-refractivity contribution >= 4 is 28.5 Å². The summed E-state index contributed by atoms with van der Waals surface area (Å²) < 4.78 is 9.79. The molecular weight excluding hydrogens is 204 g/mol. The quantitative estimate of drug-likeness (QED) is 0.680. The van der Waals surface area contributed by atoms with E-state index in [9.17, 15) is 4.79 Å². The van der Waals surface area contributed by atoms with Crippen molar-refractivity contribution in [2.75, 3.05) is 7.11 Å². The first-order valence-corrected chi connectivity index (χ1v) is 4.37. The fourth-order valence-corrected chi connectivity index (χ4v) is 1.57. The minimum Gasteiger partial charge on any atom is -0.465 e. The Morgan fingerprint density at radius 1 is 1.43 bits per heavy atom. The lowest BCUT2D eigenvalue weighted by Crippen LogP contribution is -2.00. The topological polar surface area (TPSA) is 39.4 Å². The van der Waals surface area contributed by atoms with Crippen LogP contribution in [0.15, 0.2) is 28.7 Å². The van der Waals surface area contributed by atoms with E-state index in [4.69, 9.17) is 16.0 Å². The standard InChI is InChI=1S/C10H7ClO3/c1-13-10(12)8-6-4-2-3-5-7(6)14-9(8)11/h2-5H,1H3. The zero-order valence-corrected chi connectivity index (χ0v) is 8.17. The summed E-state index contributed by atoms with van der Waals surface area (Å²) >= 11 is 5.77. The molecule has 0 saturated heterocycles. The molecule has 0 fully saturated rings. The highest BCUT2D eigenvalue weighted by Gasteiger charge is 2.19. The third-order valence-electron chi connectivity index (χ3n) is 1.94. The highest BCUT2D eigenvalue weighted by atomic mass is 35.5. The number of furan rings is 1. The molecule has 0 spiro atoms. The van der Waals surface area contributed by atoms with Gasteiger partial charge in [0.05, 0.1) is 7.11 Å². The number of para-hydroxylation sites is 1. The van der Waals surface area contributed by atoms with E-state index in [0.717, 1.165) is 0 Å². The van der Waals surface area contributed by atoms with E-state index in [1.165, 1.54) is 7.11 Å². The number of methoxy groups -OCH3 is 1. The smallest absolute Gasteiger partial charge is 0.343 e. The van der Waals surface area contributed by atoms with Gasteiger partial charge in [-0.25, -0.2) is 4.79 Å². The number of esters is 1. The van der Waals surface area contributed by atoms with Gasteiger partial charge in [-0.3, -0.25) is 0 Å². The van der Waals surface area contributed by atoms with Gasteiger partial charge in [0, 0.05) is 5.39 Å². The van der Waals surface area contributed by atoms with Crippen LogP contribution in [0.1, 0.15) is 10.4 Å². The summed E-state index contributed by atoms with van der Waals surface area (Å²) in [5, 5.41) is 0.738. The van der Waals surface area contributed by atoms with Gasteiger partial charge in [-0.1, -0.05) is 18.2 Å². The summed E-state index contributed by atoms with van der Waals surface area (Å²) in [7, 11) is 1.31. The lowest BCUT2D eigenvalue weighted by Gasteiger charge is -1.95. The second-order valence-electron chi connectivity index (χ2n) is 2.74. The summed E-state index contributed by atoms with van der Waals surface area (Å²) in [4.78, 5) is 11.3. The van der Waals surface area contributed by atoms with Crippen LogP contribution in [-0.2, 0) is 4.74 Å². The molecule has 1 aromatic carbocycles. The molecule has 0 bridgehead atoms. The number of benzene rings is 1. The number of carbonyl (C=O) groups excluding carboxylic acids is 1. The Morgan fingerprint density at radius 2 is 2.14 bits per heavy atom. The Hall–Kier alpha value is -1.48. The van der Waals surface area contributed by atoms with Crippen LogP contribution in [0.5, 0.6) is 0 Å². The molecule has 0 amide bonds. The van der Waals surface area contributed by atoms with Crippen LogP contribution in [0.25, 0.3) is 11.0 Å². The van der Waals surface area contributed by atoms with E-state index in [0.29, 0.717) is 11.0 Å². The van der Waals surface area contributed by atoms with Gasteiger partial charge in [-0.2, -0.15) is 0 Å². The molecule has 0 aliphatic rings. The number of halogens is 1. The van der Waals surface area contributed by atoms with Gasteiger partial charge in [0.15, 0.2) is 0 Å². The Morgan fingerprint density at radius 3 is 2.86 bits per heavy atom. The van der Waals surface area contributed by atoms with Crippen LogP contribution in [0, 0.1) is 0 Å². The second kappa shape index (κ2) is 3.35. The molecule has 2 aromatic rings. The van der Waals surface area contributed by atoms with Crippen molar-refractivity contribution in [1.29, 1.82) is 0 Å². The number of hydrogen-bond acceptors (Lipinski definition) is 3. The second-order valence-corrected chi connectivity index (χ2v) is 3.08. The van der Waals surface area contributed by atoms with Crippen molar-refractivity contribution in [2.45, 2.75) is 0 Å². The first-order chi connectivity index (χ1) is 6.74. The molecule has 0 N–H and O–H groups in total. The molecule has 4 heteroatoms. The number of hydrogen-bond donors (Lipinski definition) is 0. The summed E-state index contributed by atoms with van der Waals surface area (Å²) in [5.74, 6) is -0.486. The molecule has 0 unspecified atom stereocenters. The lowest BCUT2D eigenvalue weighted by atomic mass is 10.2. The Labute approximate surface area is 85.2 Å². The van der Waals surface area contributed by atoms with Crippen LogP contribution < -0.4 is 0 Å². The zero-order valence-electron chi connectivity index (χ0n) is 7.41. The molecular formula is C10H7ClO3. The fraction of sp³-hybridized carbons (Fsp3) is 0.100. The highest BCUT2D eigenvalue weighted by molar-refractivity contribution is 6.33. The molecule has 0 saturated carbocycles. The third-order valence-corrected chi connectivity index (χ3v) is 2.21. The largest absolute Gasteiger partial charge is 0.465 e.